The van der Waals surface area contributed by atoms with Crippen LogP contribution in [0.15, 0.2) is 182 Å². The minimum absolute atomic E-state index is 0. The summed E-state index contributed by atoms with van der Waals surface area (Å²) in [6.07, 6.45) is 3.21. The Balaban J connectivity index is 0.000000248. The first-order valence-corrected chi connectivity index (χ1v) is 33.4. The Kier molecular flexibility index (Phi) is 21.6. The van der Waals surface area contributed by atoms with Crippen LogP contribution in [0.5, 0.6) is 23.0 Å². The normalized spacial score (nSPS) is 11.8. The van der Waals surface area contributed by atoms with Crippen LogP contribution in [0.4, 0.5) is 34.1 Å². The van der Waals surface area contributed by atoms with Crippen molar-refractivity contribution in [1.29, 1.82) is 0 Å². The molecule has 0 atom stereocenters. The van der Waals surface area contributed by atoms with Crippen molar-refractivity contribution in [3.05, 3.63) is 293 Å². The molecule has 4 N–H and O–H groups in total. The van der Waals surface area contributed by atoms with Gasteiger partial charge in [-0.15, -0.1) is 0 Å². The summed E-state index contributed by atoms with van der Waals surface area (Å²) in [4.78, 5) is 4.65. The smallest absolute Gasteiger partial charge is 0.123 e. The molecule has 0 heterocycles. The van der Waals surface area contributed by atoms with Crippen LogP contribution in [0, 0.1) is 55.4 Å². The number of benzene rings is 10. The third-order valence-corrected chi connectivity index (χ3v) is 18.6. The van der Waals surface area contributed by atoms with E-state index in [-0.39, 0.29) is 29.1 Å². The summed E-state index contributed by atoms with van der Waals surface area (Å²) in [7, 11) is 0. The molecular weight excluding hydrogens is 1160 g/mol. The SMILES string of the molecule is C.Cc1ccc(N(c2ccc(Cc3cc(C(C)(C)C)c(O)c(C(C)(C)C)c3)cc2)c2ccc(Cc3cc(C(C)(C)C)c(O)c(C(C)(C)C)c3)cc2)cc1C.Cc1ccc(N(c2ccc(Cc3cc(C)c(O)c(C)c3)cc2)c2ccc(Cc3cc(C)c(O)c(C)c3)cc2)cc1C. The molecule has 0 aromatic heterocycles. The van der Waals surface area contributed by atoms with Crippen LogP contribution in [0.25, 0.3) is 0 Å². The van der Waals surface area contributed by atoms with Crippen molar-refractivity contribution in [1.82, 2.24) is 0 Å². The molecule has 0 fully saturated rings. The quantitative estimate of drug-likeness (QED) is 0.0868. The molecule has 0 radical (unpaired) electrons. The highest BCUT2D eigenvalue weighted by molar-refractivity contribution is 5.79. The maximum atomic E-state index is 11.3. The van der Waals surface area contributed by atoms with E-state index in [1.54, 1.807) is 0 Å². The molecule has 0 bridgehead atoms. The van der Waals surface area contributed by atoms with Gasteiger partial charge < -0.3 is 30.2 Å². The zero-order valence-electron chi connectivity index (χ0n) is 59.8. The molecule has 10 aromatic carbocycles. The van der Waals surface area contributed by atoms with Crippen LogP contribution in [0.2, 0.25) is 0 Å². The Bertz CT molecular complexity index is 3990. The largest absolute Gasteiger partial charge is 0.507 e. The highest BCUT2D eigenvalue weighted by atomic mass is 16.3. The summed E-state index contributed by atoms with van der Waals surface area (Å²) in [5, 5.41) is 42.8. The summed E-state index contributed by atoms with van der Waals surface area (Å²) in [5.41, 5.74) is 28.5. The Morgan fingerprint density at radius 1 is 0.221 bits per heavy atom. The van der Waals surface area contributed by atoms with Crippen LogP contribution in [0.3, 0.4) is 0 Å². The van der Waals surface area contributed by atoms with Crippen molar-refractivity contribution in [3.63, 3.8) is 0 Å². The van der Waals surface area contributed by atoms with E-state index >= 15 is 0 Å². The number of aromatic hydroxyl groups is 4. The highest BCUT2D eigenvalue weighted by Gasteiger charge is 2.29. The van der Waals surface area contributed by atoms with Crippen molar-refractivity contribution in [2.24, 2.45) is 0 Å². The van der Waals surface area contributed by atoms with Crippen LogP contribution in [0.1, 0.15) is 202 Å². The highest BCUT2D eigenvalue weighted by Crippen LogP contribution is 2.44. The second-order valence-electron chi connectivity index (χ2n) is 30.8. The van der Waals surface area contributed by atoms with E-state index in [1.165, 1.54) is 66.8 Å². The summed E-state index contributed by atoms with van der Waals surface area (Å²) in [5.74, 6) is 1.61. The predicted octanol–water partition coefficient (Wildman–Crippen LogP) is 23.8. The zero-order chi connectivity index (χ0) is 68.5. The van der Waals surface area contributed by atoms with E-state index < -0.39 is 0 Å². The monoisotopic (exact) mass is 1270 g/mol. The van der Waals surface area contributed by atoms with Gasteiger partial charge in [-0.3, -0.25) is 0 Å². The molecule has 0 saturated heterocycles. The Morgan fingerprint density at radius 2 is 0.421 bits per heavy atom. The van der Waals surface area contributed by atoms with Crippen molar-refractivity contribution in [3.8, 4) is 23.0 Å². The van der Waals surface area contributed by atoms with Gasteiger partial charge in [0.15, 0.2) is 0 Å². The van der Waals surface area contributed by atoms with E-state index in [2.05, 4.69) is 303 Å². The molecule has 0 unspecified atom stereocenters. The first-order valence-electron chi connectivity index (χ1n) is 33.4. The van der Waals surface area contributed by atoms with Gasteiger partial charge in [-0.2, -0.15) is 0 Å². The van der Waals surface area contributed by atoms with Gasteiger partial charge in [0.25, 0.3) is 0 Å². The fourth-order valence-electron chi connectivity index (χ4n) is 12.8. The van der Waals surface area contributed by atoms with Gasteiger partial charge in [-0.25, -0.2) is 0 Å². The zero-order valence-corrected chi connectivity index (χ0v) is 59.8. The lowest BCUT2D eigenvalue weighted by atomic mass is 9.78. The molecule has 0 aliphatic heterocycles. The van der Waals surface area contributed by atoms with Gasteiger partial charge in [-0.05, 0) is 287 Å². The van der Waals surface area contributed by atoms with Gasteiger partial charge in [0, 0.05) is 34.1 Å². The standard InChI is InChI=1S/C50H63NO2.C38H39NO2.CH4/c1-32-15-20-40(25-33(32)2)51(38-21-16-34(17-22-38)26-36-28-41(47(3,4)5)45(52)42(29-36)48(6,7)8)39-23-18-35(19-24-39)27-37-30-43(49(9,10)11)46(53)44(31-37)50(12,13)14;1-24-7-12-36(21-25(24)2)39(34-13-8-30(9-14-34)22-32-17-26(3)37(40)27(4)18-32)35-15-10-31(11-16-35)23-33-19-28(5)38(41)29(6)20-33;/h15-25,28-31,52-53H,26-27H2,1-14H3;7-21,40-41H,22-23H2,1-6H3;1H4. The molecule has 6 nitrogen and oxygen atoms in total. The van der Waals surface area contributed by atoms with Gasteiger partial charge >= 0.3 is 0 Å². The average molecular weight is 1270 g/mol. The molecule has 0 aliphatic rings. The number of nitrogens with zero attached hydrogens (tertiary/aromatic N) is 2. The third-order valence-electron chi connectivity index (χ3n) is 18.6. The Labute approximate surface area is 570 Å². The lowest BCUT2D eigenvalue weighted by Gasteiger charge is -2.28. The molecule has 6 heteroatoms. The van der Waals surface area contributed by atoms with Crippen LogP contribution in [-0.4, -0.2) is 20.4 Å². The maximum absolute atomic E-state index is 11.3. The molecule has 0 spiro atoms. The van der Waals surface area contributed by atoms with Crippen molar-refractivity contribution in [2.45, 2.75) is 193 Å². The lowest BCUT2D eigenvalue weighted by Crippen LogP contribution is -2.18. The summed E-state index contributed by atoms with van der Waals surface area (Å²) < 4.78 is 0. The molecule has 10 rings (SSSR count). The van der Waals surface area contributed by atoms with Crippen LogP contribution >= 0.6 is 0 Å². The van der Waals surface area contributed by atoms with E-state index in [9.17, 15) is 20.4 Å². The minimum Gasteiger partial charge on any atom is -0.507 e. The average Bonchev–Trinajstić information content (AvgIpc) is 0.800. The number of aryl methyl sites for hydroxylation is 8. The van der Waals surface area contributed by atoms with Gasteiger partial charge in [-0.1, -0.05) is 200 Å². The van der Waals surface area contributed by atoms with Crippen LogP contribution in [-0.2, 0) is 47.3 Å². The van der Waals surface area contributed by atoms with E-state index in [0.29, 0.717) is 23.0 Å². The van der Waals surface area contributed by atoms with Gasteiger partial charge in [0.05, 0.1) is 0 Å². The third kappa shape index (κ3) is 17.1. The number of phenolic OH excluding ortho intramolecular Hbond substituents is 4. The van der Waals surface area contributed by atoms with Gasteiger partial charge in [0.1, 0.15) is 23.0 Å². The molecule has 0 aliphatic carbocycles. The number of rotatable bonds is 14. The topological polar surface area (TPSA) is 87.4 Å². The molecule has 10 aromatic rings. The second kappa shape index (κ2) is 28.5. The number of phenols is 4. The van der Waals surface area contributed by atoms with Gasteiger partial charge in [0.2, 0.25) is 0 Å². The van der Waals surface area contributed by atoms with Crippen molar-refractivity contribution < 1.29 is 20.4 Å². The van der Waals surface area contributed by atoms with Crippen molar-refractivity contribution in [2.75, 3.05) is 9.80 Å². The summed E-state index contributed by atoms with van der Waals surface area (Å²) in [6.45, 7) is 42.4. The lowest BCUT2D eigenvalue weighted by molar-refractivity contribution is 0.422. The fraction of sp³-hybridized carbons (Fsp3) is 0.326. The molecule has 496 valence electrons. The first kappa shape index (κ1) is 71.8. The number of hydrogen-bond donors (Lipinski definition) is 4. The molecule has 0 saturated carbocycles. The Hall–Kier alpha value is -9.00. The van der Waals surface area contributed by atoms with Crippen molar-refractivity contribution >= 4 is 34.1 Å². The minimum atomic E-state index is -0.166. The number of anilines is 6. The molecule has 95 heavy (non-hydrogen) atoms. The molecular formula is C89H106N2O4. The predicted molar refractivity (Wildman–Crippen MR) is 405 cm³/mol. The van der Waals surface area contributed by atoms with E-state index in [0.717, 1.165) is 104 Å². The Morgan fingerprint density at radius 3 is 0.621 bits per heavy atom. The van der Waals surface area contributed by atoms with E-state index in [4.69, 9.17) is 0 Å². The summed E-state index contributed by atoms with van der Waals surface area (Å²) >= 11 is 0. The fourth-order valence-corrected chi connectivity index (χ4v) is 12.8. The summed E-state index contributed by atoms with van der Waals surface area (Å²) in [6, 6.07) is 65.8. The molecule has 0 amide bonds. The first-order chi connectivity index (χ1) is 44.0. The van der Waals surface area contributed by atoms with E-state index in [1.807, 2.05) is 27.7 Å². The van der Waals surface area contributed by atoms with Crippen LogP contribution < -0.4 is 9.80 Å². The maximum Gasteiger partial charge on any atom is 0.123 e. The second-order valence-corrected chi connectivity index (χ2v) is 30.8. The number of hydrogen-bond acceptors (Lipinski definition) is 6.